The molecule has 0 amide bonds. The smallest absolute Gasteiger partial charge is 0.264 e. The van der Waals surface area contributed by atoms with Gasteiger partial charge >= 0.3 is 0 Å². The SMILES string of the molecule is COc1cc(C)c(S(=O)(=O)N2CCOc3ccc(Cl)cc32)cc1C. The fourth-order valence-corrected chi connectivity index (χ4v) is 4.71. The van der Waals surface area contributed by atoms with Crippen LogP contribution >= 0.6 is 11.6 Å². The van der Waals surface area contributed by atoms with Crippen LogP contribution in [0.2, 0.25) is 5.02 Å². The van der Waals surface area contributed by atoms with Crippen molar-refractivity contribution in [3.63, 3.8) is 0 Å². The van der Waals surface area contributed by atoms with Gasteiger partial charge < -0.3 is 9.47 Å². The van der Waals surface area contributed by atoms with E-state index in [0.29, 0.717) is 34.4 Å². The highest BCUT2D eigenvalue weighted by atomic mass is 35.5. The Balaban J connectivity index is 2.14. The molecule has 0 bridgehead atoms. The molecule has 0 radical (unpaired) electrons. The maximum absolute atomic E-state index is 13.2. The van der Waals surface area contributed by atoms with Crippen LogP contribution in [0.5, 0.6) is 11.5 Å². The van der Waals surface area contributed by atoms with Crippen LogP contribution in [-0.2, 0) is 10.0 Å². The standard InChI is InChI=1S/C17H18ClNO4S/c1-11-9-17(12(2)8-16(11)22-3)24(20,21)19-6-7-23-15-5-4-13(18)10-14(15)19/h4-5,8-10H,6-7H2,1-3H3. The van der Waals surface area contributed by atoms with Gasteiger partial charge in [-0.05, 0) is 55.3 Å². The van der Waals surface area contributed by atoms with Crippen LogP contribution in [0.4, 0.5) is 5.69 Å². The third kappa shape index (κ3) is 2.80. The number of hydrogen-bond donors (Lipinski definition) is 0. The van der Waals surface area contributed by atoms with Gasteiger partial charge in [-0.3, -0.25) is 4.31 Å². The Labute approximate surface area is 146 Å². The third-order valence-electron chi connectivity index (χ3n) is 4.00. The first-order chi connectivity index (χ1) is 11.3. The molecule has 7 heteroatoms. The zero-order chi connectivity index (χ0) is 17.5. The van der Waals surface area contributed by atoms with Gasteiger partial charge in [0.05, 0.1) is 24.2 Å². The van der Waals surface area contributed by atoms with Crippen LogP contribution in [0, 0.1) is 13.8 Å². The fraction of sp³-hybridized carbons (Fsp3) is 0.294. The minimum Gasteiger partial charge on any atom is -0.496 e. The van der Waals surface area contributed by atoms with Crippen molar-refractivity contribution in [3.05, 3.63) is 46.5 Å². The second-order valence-electron chi connectivity index (χ2n) is 5.63. The zero-order valence-electron chi connectivity index (χ0n) is 13.7. The highest BCUT2D eigenvalue weighted by Gasteiger charge is 2.31. The van der Waals surface area contributed by atoms with E-state index in [1.807, 2.05) is 6.92 Å². The lowest BCUT2D eigenvalue weighted by Gasteiger charge is -2.31. The van der Waals surface area contributed by atoms with E-state index in [4.69, 9.17) is 21.1 Å². The lowest BCUT2D eigenvalue weighted by Crippen LogP contribution is -2.38. The third-order valence-corrected chi connectivity index (χ3v) is 6.19. The van der Waals surface area contributed by atoms with E-state index in [-0.39, 0.29) is 11.4 Å². The maximum Gasteiger partial charge on any atom is 0.264 e. The Hall–Kier alpha value is -1.92. The van der Waals surface area contributed by atoms with Crippen LogP contribution in [0.1, 0.15) is 11.1 Å². The number of sulfonamides is 1. The molecule has 5 nitrogen and oxygen atoms in total. The molecule has 0 saturated carbocycles. The number of fused-ring (bicyclic) bond motifs is 1. The first-order valence-corrected chi connectivity index (χ1v) is 9.26. The second-order valence-corrected chi connectivity index (χ2v) is 7.89. The molecule has 0 N–H and O–H groups in total. The van der Waals surface area contributed by atoms with Gasteiger partial charge in [0.15, 0.2) is 0 Å². The van der Waals surface area contributed by atoms with Gasteiger partial charge in [-0.2, -0.15) is 0 Å². The van der Waals surface area contributed by atoms with E-state index in [0.717, 1.165) is 5.56 Å². The van der Waals surface area contributed by atoms with E-state index in [9.17, 15) is 8.42 Å². The normalized spacial score (nSPS) is 14.1. The van der Waals surface area contributed by atoms with Gasteiger partial charge in [0.2, 0.25) is 0 Å². The van der Waals surface area contributed by atoms with Crippen molar-refractivity contribution in [2.75, 3.05) is 24.6 Å². The van der Waals surface area contributed by atoms with E-state index in [1.54, 1.807) is 44.4 Å². The van der Waals surface area contributed by atoms with Crippen molar-refractivity contribution in [2.45, 2.75) is 18.7 Å². The van der Waals surface area contributed by atoms with Gasteiger partial charge in [0.1, 0.15) is 18.1 Å². The van der Waals surface area contributed by atoms with Gasteiger partial charge in [-0.25, -0.2) is 8.42 Å². The molecule has 1 aliphatic rings. The molecule has 3 rings (SSSR count). The monoisotopic (exact) mass is 367 g/mol. The summed E-state index contributed by atoms with van der Waals surface area (Å²) in [6, 6.07) is 8.36. The lowest BCUT2D eigenvalue weighted by molar-refractivity contribution is 0.316. The number of nitrogens with zero attached hydrogens (tertiary/aromatic N) is 1. The first-order valence-electron chi connectivity index (χ1n) is 7.45. The molecule has 0 saturated heterocycles. The summed E-state index contributed by atoms with van der Waals surface area (Å²) in [7, 11) is -2.17. The van der Waals surface area contributed by atoms with E-state index in [2.05, 4.69) is 0 Å². The molecule has 2 aromatic rings. The quantitative estimate of drug-likeness (QED) is 0.832. The zero-order valence-corrected chi connectivity index (χ0v) is 15.2. The topological polar surface area (TPSA) is 55.8 Å². The van der Waals surface area contributed by atoms with Crippen LogP contribution in [-0.4, -0.2) is 28.7 Å². The molecular formula is C17H18ClNO4S. The molecule has 24 heavy (non-hydrogen) atoms. The summed E-state index contributed by atoms with van der Waals surface area (Å²) in [5, 5.41) is 0.460. The fourth-order valence-electron chi connectivity index (χ4n) is 2.80. The number of benzene rings is 2. The predicted octanol–water partition coefficient (Wildman–Crippen LogP) is 3.55. The molecule has 1 aliphatic heterocycles. The lowest BCUT2D eigenvalue weighted by atomic mass is 10.1. The summed E-state index contributed by atoms with van der Waals surface area (Å²) in [5.74, 6) is 1.17. The van der Waals surface area contributed by atoms with Crippen molar-refractivity contribution >= 4 is 27.3 Å². The molecule has 0 spiro atoms. The van der Waals surface area contributed by atoms with Crippen molar-refractivity contribution in [1.82, 2.24) is 0 Å². The van der Waals surface area contributed by atoms with Crippen molar-refractivity contribution in [2.24, 2.45) is 0 Å². The van der Waals surface area contributed by atoms with Crippen molar-refractivity contribution in [1.29, 1.82) is 0 Å². The second kappa shape index (κ2) is 6.18. The van der Waals surface area contributed by atoms with Gasteiger partial charge in [-0.15, -0.1) is 0 Å². The van der Waals surface area contributed by atoms with Gasteiger partial charge in [-0.1, -0.05) is 11.6 Å². The first kappa shape index (κ1) is 16.9. The van der Waals surface area contributed by atoms with E-state index >= 15 is 0 Å². The molecule has 2 aromatic carbocycles. The summed E-state index contributed by atoms with van der Waals surface area (Å²) in [5.41, 5.74) is 1.86. The van der Waals surface area contributed by atoms with Crippen LogP contribution in [0.15, 0.2) is 35.2 Å². The van der Waals surface area contributed by atoms with Gasteiger partial charge in [0.25, 0.3) is 10.0 Å². The Morgan fingerprint density at radius 3 is 2.62 bits per heavy atom. The highest BCUT2D eigenvalue weighted by molar-refractivity contribution is 7.92. The Morgan fingerprint density at radius 1 is 1.17 bits per heavy atom. The molecule has 0 aromatic heterocycles. The van der Waals surface area contributed by atoms with E-state index in [1.165, 1.54) is 4.31 Å². The van der Waals surface area contributed by atoms with Gasteiger partial charge in [0, 0.05) is 5.02 Å². The number of rotatable bonds is 3. The number of hydrogen-bond acceptors (Lipinski definition) is 4. The molecule has 0 aliphatic carbocycles. The Kier molecular flexibility index (Phi) is 4.36. The maximum atomic E-state index is 13.2. The largest absolute Gasteiger partial charge is 0.496 e. The van der Waals surface area contributed by atoms with Crippen molar-refractivity contribution < 1.29 is 17.9 Å². The number of methoxy groups -OCH3 is 1. The molecule has 0 fully saturated rings. The summed E-state index contributed by atoms with van der Waals surface area (Å²) in [4.78, 5) is 0.258. The molecule has 1 heterocycles. The summed E-state index contributed by atoms with van der Waals surface area (Å²) >= 11 is 6.04. The molecule has 0 atom stereocenters. The Bertz CT molecular complexity index is 896. The molecule has 0 unspecified atom stereocenters. The molecular weight excluding hydrogens is 350 g/mol. The average molecular weight is 368 g/mol. The number of ether oxygens (including phenoxy) is 2. The number of aryl methyl sites for hydroxylation is 2. The minimum atomic E-state index is -3.73. The molecule has 128 valence electrons. The highest BCUT2D eigenvalue weighted by Crippen LogP contribution is 2.38. The van der Waals surface area contributed by atoms with Crippen LogP contribution in [0.3, 0.4) is 0 Å². The van der Waals surface area contributed by atoms with Crippen LogP contribution < -0.4 is 13.8 Å². The van der Waals surface area contributed by atoms with E-state index < -0.39 is 10.0 Å². The Morgan fingerprint density at radius 2 is 1.92 bits per heavy atom. The van der Waals surface area contributed by atoms with Crippen molar-refractivity contribution in [3.8, 4) is 11.5 Å². The van der Waals surface area contributed by atoms with Crippen LogP contribution in [0.25, 0.3) is 0 Å². The summed E-state index contributed by atoms with van der Waals surface area (Å²) in [6.07, 6.45) is 0. The summed E-state index contributed by atoms with van der Waals surface area (Å²) in [6.45, 7) is 4.11. The number of halogens is 1. The average Bonchev–Trinajstić information content (AvgIpc) is 2.55. The number of anilines is 1. The minimum absolute atomic E-state index is 0.236. The predicted molar refractivity (Wildman–Crippen MR) is 93.9 cm³/mol. The summed E-state index contributed by atoms with van der Waals surface area (Å²) < 4.78 is 38.6.